The van der Waals surface area contributed by atoms with Crippen molar-refractivity contribution in [2.75, 3.05) is 0 Å². The van der Waals surface area contributed by atoms with Gasteiger partial charge in [0.1, 0.15) is 5.69 Å². The average molecular weight is 436 g/mol. The standard InChI is InChI=1S/C24H29N5OS/c1-16-12-13-21(17(2)15-16)29-22(20-11-7-8-14-25-20)27-28-24(29)31-18(3)23(30)26-19-9-5-4-6-10-19/h7-8,11-15,18-19H,4-6,9-10H2,1-3H3,(H,26,30). The number of hydrogen-bond acceptors (Lipinski definition) is 5. The smallest absolute Gasteiger partial charge is 0.233 e. The Hall–Kier alpha value is -2.67. The zero-order valence-corrected chi connectivity index (χ0v) is 19.2. The summed E-state index contributed by atoms with van der Waals surface area (Å²) in [6, 6.07) is 12.4. The Morgan fingerprint density at radius 1 is 1.13 bits per heavy atom. The second-order valence-corrected chi connectivity index (χ2v) is 9.56. The Morgan fingerprint density at radius 3 is 2.65 bits per heavy atom. The molecule has 1 amide bonds. The summed E-state index contributed by atoms with van der Waals surface area (Å²) in [5, 5.41) is 12.6. The van der Waals surface area contributed by atoms with Crippen LogP contribution in [0.3, 0.4) is 0 Å². The van der Waals surface area contributed by atoms with E-state index in [1.807, 2.05) is 29.7 Å². The van der Waals surface area contributed by atoms with Crippen LogP contribution in [-0.4, -0.2) is 36.9 Å². The van der Waals surface area contributed by atoms with E-state index in [1.54, 1.807) is 6.20 Å². The van der Waals surface area contributed by atoms with Gasteiger partial charge in [-0.05, 0) is 57.4 Å². The van der Waals surface area contributed by atoms with Crippen molar-refractivity contribution >= 4 is 17.7 Å². The van der Waals surface area contributed by atoms with E-state index in [0.717, 1.165) is 29.8 Å². The predicted molar refractivity (Wildman–Crippen MR) is 124 cm³/mol. The lowest BCUT2D eigenvalue weighted by molar-refractivity contribution is -0.121. The summed E-state index contributed by atoms with van der Waals surface area (Å²) in [4.78, 5) is 17.3. The Kier molecular flexibility index (Phi) is 6.70. The molecule has 0 aliphatic heterocycles. The van der Waals surface area contributed by atoms with Crippen LogP contribution in [-0.2, 0) is 4.79 Å². The van der Waals surface area contributed by atoms with Gasteiger partial charge in [0, 0.05) is 12.2 Å². The third kappa shape index (κ3) is 4.98. The third-order valence-electron chi connectivity index (χ3n) is 5.72. The number of nitrogens with zero attached hydrogens (tertiary/aromatic N) is 4. The van der Waals surface area contributed by atoms with Crippen molar-refractivity contribution < 1.29 is 4.79 Å². The highest BCUT2D eigenvalue weighted by molar-refractivity contribution is 8.00. The number of pyridine rings is 1. The number of benzene rings is 1. The zero-order valence-electron chi connectivity index (χ0n) is 18.3. The van der Waals surface area contributed by atoms with Crippen LogP contribution in [0.5, 0.6) is 0 Å². The van der Waals surface area contributed by atoms with Crippen molar-refractivity contribution in [1.82, 2.24) is 25.1 Å². The van der Waals surface area contributed by atoms with Gasteiger partial charge < -0.3 is 5.32 Å². The van der Waals surface area contributed by atoms with E-state index in [-0.39, 0.29) is 11.2 Å². The van der Waals surface area contributed by atoms with Crippen LogP contribution < -0.4 is 5.32 Å². The molecule has 31 heavy (non-hydrogen) atoms. The summed E-state index contributed by atoms with van der Waals surface area (Å²) in [5.74, 6) is 0.737. The number of rotatable bonds is 6. The molecule has 2 aromatic heterocycles. The number of thioether (sulfide) groups is 1. The molecule has 1 unspecified atom stereocenters. The van der Waals surface area contributed by atoms with Gasteiger partial charge in [0.2, 0.25) is 5.91 Å². The maximum atomic E-state index is 12.9. The number of amides is 1. The predicted octanol–water partition coefficient (Wildman–Crippen LogP) is 4.88. The maximum Gasteiger partial charge on any atom is 0.233 e. The van der Waals surface area contributed by atoms with Crippen molar-refractivity contribution in [3.8, 4) is 17.2 Å². The van der Waals surface area contributed by atoms with Gasteiger partial charge in [0.05, 0.1) is 10.9 Å². The van der Waals surface area contributed by atoms with Crippen molar-refractivity contribution in [1.29, 1.82) is 0 Å². The quantitative estimate of drug-likeness (QED) is 0.559. The molecular formula is C24H29N5OS. The highest BCUT2D eigenvalue weighted by atomic mass is 32.2. The summed E-state index contributed by atoms with van der Waals surface area (Å²) >= 11 is 1.44. The fourth-order valence-corrected chi connectivity index (χ4v) is 4.93. The Labute approximate surface area is 187 Å². The van der Waals surface area contributed by atoms with Crippen LogP contribution in [0.2, 0.25) is 0 Å². The lowest BCUT2D eigenvalue weighted by Crippen LogP contribution is -2.40. The van der Waals surface area contributed by atoms with E-state index in [2.05, 4.69) is 52.5 Å². The summed E-state index contributed by atoms with van der Waals surface area (Å²) in [7, 11) is 0. The molecule has 1 aliphatic rings. The third-order valence-corrected chi connectivity index (χ3v) is 6.77. The minimum absolute atomic E-state index is 0.0615. The first-order chi connectivity index (χ1) is 15.0. The Bertz CT molecular complexity index is 1040. The second-order valence-electron chi connectivity index (χ2n) is 8.25. The number of carbonyl (C=O) groups is 1. The molecule has 3 aromatic rings. The minimum atomic E-state index is -0.271. The first-order valence-electron chi connectivity index (χ1n) is 10.9. The van der Waals surface area contributed by atoms with Gasteiger partial charge in [0.15, 0.2) is 11.0 Å². The van der Waals surface area contributed by atoms with E-state index in [0.29, 0.717) is 17.0 Å². The largest absolute Gasteiger partial charge is 0.352 e. The number of aromatic nitrogens is 4. The average Bonchev–Trinajstić information content (AvgIpc) is 3.18. The second kappa shape index (κ2) is 9.64. The van der Waals surface area contributed by atoms with Gasteiger partial charge >= 0.3 is 0 Å². The molecule has 0 bridgehead atoms. The molecule has 0 radical (unpaired) electrons. The molecule has 0 spiro atoms. The number of hydrogen-bond donors (Lipinski definition) is 1. The van der Waals surface area contributed by atoms with Crippen LogP contribution in [0.15, 0.2) is 47.8 Å². The van der Waals surface area contributed by atoms with Gasteiger partial charge in [-0.1, -0.05) is 54.8 Å². The molecule has 7 heteroatoms. The van der Waals surface area contributed by atoms with E-state index in [1.165, 1.54) is 36.6 Å². The summed E-state index contributed by atoms with van der Waals surface area (Å²) in [6.07, 6.45) is 7.56. The molecule has 1 N–H and O–H groups in total. The molecule has 2 heterocycles. The monoisotopic (exact) mass is 435 g/mol. The molecule has 162 valence electrons. The van der Waals surface area contributed by atoms with Crippen LogP contribution in [0.25, 0.3) is 17.2 Å². The molecule has 1 saturated carbocycles. The molecule has 1 aliphatic carbocycles. The number of aryl methyl sites for hydroxylation is 2. The molecular weight excluding hydrogens is 406 g/mol. The van der Waals surface area contributed by atoms with Crippen LogP contribution in [0, 0.1) is 13.8 Å². The Morgan fingerprint density at radius 2 is 1.94 bits per heavy atom. The number of carbonyl (C=O) groups excluding carboxylic acids is 1. The van der Waals surface area contributed by atoms with E-state index in [9.17, 15) is 4.79 Å². The van der Waals surface area contributed by atoms with Crippen LogP contribution in [0.4, 0.5) is 0 Å². The van der Waals surface area contributed by atoms with E-state index < -0.39 is 0 Å². The summed E-state index contributed by atoms with van der Waals surface area (Å²) in [5.41, 5.74) is 4.07. The van der Waals surface area contributed by atoms with E-state index >= 15 is 0 Å². The van der Waals surface area contributed by atoms with Crippen molar-refractivity contribution in [3.05, 3.63) is 53.7 Å². The fourth-order valence-electron chi connectivity index (χ4n) is 4.06. The molecule has 4 rings (SSSR count). The van der Waals surface area contributed by atoms with Gasteiger partial charge in [-0.25, -0.2) is 0 Å². The fraction of sp³-hybridized carbons (Fsp3) is 0.417. The Balaban J connectivity index is 1.64. The number of nitrogens with one attached hydrogen (secondary N) is 1. The normalized spacial score (nSPS) is 15.6. The van der Waals surface area contributed by atoms with Gasteiger partial charge in [-0.2, -0.15) is 0 Å². The van der Waals surface area contributed by atoms with Crippen molar-refractivity contribution in [2.24, 2.45) is 0 Å². The maximum absolute atomic E-state index is 12.9. The van der Waals surface area contributed by atoms with Crippen molar-refractivity contribution in [2.45, 2.75) is 69.3 Å². The molecule has 6 nitrogen and oxygen atoms in total. The highest BCUT2D eigenvalue weighted by Crippen LogP contribution is 2.31. The first-order valence-corrected chi connectivity index (χ1v) is 11.8. The lowest BCUT2D eigenvalue weighted by atomic mass is 9.95. The van der Waals surface area contributed by atoms with Crippen LogP contribution in [0.1, 0.15) is 50.2 Å². The molecule has 1 atom stereocenters. The SMILES string of the molecule is Cc1ccc(-n2c(SC(C)C(=O)NC3CCCCC3)nnc2-c2ccccn2)c(C)c1. The zero-order chi connectivity index (χ0) is 21.8. The van der Waals surface area contributed by atoms with Crippen molar-refractivity contribution in [3.63, 3.8) is 0 Å². The molecule has 1 aromatic carbocycles. The molecule has 1 fully saturated rings. The highest BCUT2D eigenvalue weighted by Gasteiger charge is 2.25. The summed E-state index contributed by atoms with van der Waals surface area (Å²) in [6.45, 7) is 6.10. The van der Waals surface area contributed by atoms with Gasteiger partial charge in [-0.3, -0.25) is 14.3 Å². The minimum Gasteiger partial charge on any atom is -0.352 e. The van der Waals surface area contributed by atoms with Gasteiger partial charge in [0.25, 0.3) is 0 Å². The van der Waals surface area contributed by atoms with Crippen LogP contribution >= 0.6 is 11.8 Å². The summed E-state index contributed by atoms with van der Waals surface area (Å²) < 4.78 is 2.02. The van der Waals surface area contributed by atoms with Gasteiger partial charge in [-0.15, -0.1) is 10.2 Å². The van der Waals surface area contributed by atoms with E-state index in [4.69, 9.17) is 0 Å². The first kappa shape index (κ1) is 21.6. The lowest BCUT2D eigenvalue weighted by Gasteiger charge is -2.24. The topological polar surface area (TPSA) is 72.7 Å². The molecule has 0 saturated heterocycles.